The smallest absolute Gasteiger partial charge is 0.484 e. The largest absolute Gasteiger partial charge is 0.573 e. The molecule has 2 N–H and O–H groups in total. The number of fused-ring (bicyclic) bond motifs is 1. The molecule has 0 saturated heterocycles. The van der Waals surface area contributed by atoms with Crippen LogP contribution in [-0.4, -0.2) is 33.4 Å². The summed E-state index contributed by atoms with van der Waals surface area (Å²) in [6.07, 6.45) is 1.09. The lowest BCUT2D eigenvalue weighted by atomic mass is 9.75. The number of hydrogen-bond acceptors (Lipinski definition) is 6. The van der Waals surface area contributed by atoms with Crippen LogP contribution in [0.3, 0.4) is 0 Å². The number of halogens is 3. The number of nitrogens with zero attached hydrogens (tertiary/aromatic N) is 3. The maximum atomic E-state index is 12.6. The van der Waals surface area contributed by atoms with E-state index in [0.717, 1.165) is 42.5 Å². The van der Waals surface area contributed by atoms with Gasteiger partial charge in [0.15, 0.2) is 6.61 Å². The molecule has 2 heterocycles. The number of ether oxygens (including phenoxy) is 2. The number of aryl methyl sites for hydroxylation is 1. The fourth-order valence-electron chi connectivity index (χ4n) is 5.46. The maximum absolute atomic E-state index is 12.6. The molecule has 2 aromatic carbocycles. The van der Waals surface area contributed by atoms with Crippen molar-refractivity contribution in [3.05, 3.63) is 72.1 Å². The summed E-state index contributed by atoms with van der Waals surface area (Å²) in [7, 11) is 0. The summed E-state index contributed by atoms with van der Waals surface area (Å²) >= 11 is 0. The molecule has 2 aromatic heterocycles. The van der Waals surface area contributed by atoms with Crippen LogP contribution in [0.1, 0.15) is 56.8 Å². The van der Waals surface area contributed by atoms with Gasteiger partial charge in [-0.2, -0.15) is 0 Å². The standard InChI is InChI=1S/C31H34F3N5O3/c1-20-6-5-15-35-26(20)18-36-28(40)19-41-24-12-13-27-25(16-24)38-29(39(27)22-7-4-14-30(2,3)17-22)37-21-8-10-23(11-9-21)42-31(32,33)34/h5-6,8-13,15-16,22H,4,7,14,17-19H2,1-3H3,(H,36,40)(H,37,38)/t22-/m1/s1. The van der Waals surface area contributed by atoms with E-state index in [4.69, 9.17) is 9.72 Å². The van der Waals surface area contributed by atoms with Crippen molar-refractivity contribution in [1.82, 2.24) is 19.9 Å². The lowest BCUT2D eigenvalue weighted by molar-refractivity contribution is -0.274. The zero-order chi connectivity index (χ0) is 29.9. The minimum atomic E-state index is -4.75. The van der Waals surface area contributed by atoms with Crippen molar-refractivity contribution in [3.8, 4) is 11.5 Å². The van der Waals surface area contributed by atoms with E-state index in [1.165, 1.54) is 24.3 Å². The summed E-state index contributed by atoms with van der Waals surface area (Å²) in [6.45, 7) is 6.61. The van der Waals surface area contributed by atoms with Crippen LogP contribution in [0.25, 0.3) is 11.0 Å². The normalized spacial score (nSPS) is 16.7. The highest BCUT2D eigenvalue weighted by Crippen LogP contribution is 2.44. The number of benzene rings is 2. The van der Waals surface area contributed by atoms with Crippen molar-refractivity contribution in [1.29, 1.82) is 0 Å². The molecule has 0 unspecified atom stereocenters. The molecule has 1 aliphatic carbocycles. The molecule has 0 spiro atoms. The Bertz CT molecular complexity index is 1550. The molecule has 11 heteroatoms. The molecule has 0 radical (unpaired) electrons. The quantitative estimate of drug-likeness (QED) is 0.217. The summed E-state index contributed by atoms with van der Waals surface area (Å²) in [5.41, 5.74) is 4.12. The predicted molar refractivity (Wildman–Crippen MR) is 154 cm³/mol. The first-order chi connectivity index (χ1) is 20.0. The molecule has 5 rings (SSSR count). The molecule has 1 atom stereocenters. The Morgan fingerprint density at radius 3 is 2.60 bits per heavy atom. The number of amides is 1. The highest BCUT2D eigenvalue weighted by atomic mass is 19.4. The first kappa shape index (κ1) is 29.2. The maximum Gasteiger partial charge on any atom is 0.573 e. The number of alkyl halides is 3. The highest BCUT2D eigenvalue weighted by Gasteiger charge is 2.32. The molecule has 42 heavy (non-hydrogen) atoms. The summed E-state index contributed by atoms with van der Waals surface area (Å²) in [5.74, 6) is 0.519. The second-order valence-corrected chi connectivity index (χ2v) is 11.4. The third-order valence-corrected chi connectivity index (χ3v) is 7.49. The SMILES string of the molecule is Cc1cccnc1CNC(=O)COc1ccc2c(c1)nc(Nc1ccc(OC(F)(F)F)cc1)n2[C@@H]1CCCC(C)(C)C1. The van der Waals surface area contributed by atoms with Crippen LogP contribution in [0.2, 0.25) is 0 Å². The number of aromatic nitrogens is 3. The van der Waals surface area contributed by atoms with E-state index in [1.807, 2.05) is 31.2 Å². The van der Waals surface area contributed by atoms with Gasteiger partial charge >= 0.3 is 6.36 Å². The van der Waals surface area contributed by atoms with Gasteiger partial charge in [0.2, 0.25) is 5.95 Å². The van der Waals surface area contributed by atoms with E-state index < -0.39 is 6.36 Å². The molecule has 4 aromatic rings. The van der Waals surface area contributed by atoms with E-state index in [1.54, 1.807) is 12.3 Å². The van der Waals surface area contributed by atoms with E-state index >= 15 is 0 Å². The topological polar surface area (TPSA) is 90.3 Å². The van der Waals surface area contributed by atoms with Crippen LogP contribution in [0.4, 0.5) is 24.8 Å². The number of carbonyl (C=O) groups is 1. The van der Waals surface area contributed by atoms with E-state index in [-0.39, 0.29) is 29.7 Å². The van der Waals surface area contributed by atoms with Gasteiger partial charge in [0.05, 0.1) is 23.3 Å². The predicted octanol–water partition coefficient (Wildman–Crippen LogP) is 7.22. The molecule has 0 aliphatic heterocycles. The number of pyridine rings is 1. The Morgan fingerprint density at radius 2 is 1.88 bits per heavy atom. The van der Waals surface area contributed by atoms with Gasteiger partial charge in [-0.1, -0.05) is 26.3 Å². The Hall–Kier alpha value is -4.28. The molecule has 0 bridgehead atoms. The Kier molecular flexibility index (Phi) is 8.29. The van der Waals surface area contributed by atoms with E-state index in [2.05, 4.69) is 38.8 Å². The molecule has 1 saturated carbocycles. The highest BCUT2D eigenvalue weighted by molar-refractivity contribution is 5.82. The van der Waals surface area contributed by atoms with E-state index in [9.17, 15) is 18.0 Å². The summed E-state index contributed by atoms with van der Waals surface area (Å²) in [4.78, 5) is 21.6. The summed E-state index contributed by atoms with van der Waals surface area (Å²) in [6, 6.07) is 15.1. The number of nitrogens with one attached hydrogen (secondary N) is 2. The average Bonchev–Trinajstić information content (AvgIpc) is 3.28. The molecule has 1 amide bonds. The van der Waals surface area contributed by atoms with Crippen molar-refractivity contribution in [2.75, 3.05) is 11.9 Å². The monoisotopic (exact) mass is 581 g/mol. The number of anilines is 2. The van der Waals surface area contributed by atoms with Crippen LogP contribution in [-0.2, 0) is 11.3 Å². The lowest BCUT2D eigenvalue weighted by Gasteiger charge is -2.36. The fraction of sp³-hybridized carbons (Fsp3) is 0.387. The van der Waals surface area contributed by atoms with Crippen LogP contribution >= 0.6 is 0 Å². The van der Waals surface area contributed by atoms with Crippen LogP contribution in [0.15, 0.2) is 60.8 Å². The van der Waals surface area contributed by atoms with Crippen LogP contribution < -0.4 is 20.1 Å². The Balaban J connectivity index is 1.35. The fourth-order valence-corrected chi connectivity index (χ4v) is 5.46. The van der Waals surface area contributed by atoms with Gasteiger partial charge < -0.3 is 24.7 Å². The van der Waals surface area contributed by atoms with Crippen LogP contribution in [0, 0.1) is 12.3 Å². The van der Waals surface area contributed by atoms with Crippen molar-refractivity contribution in [2.45, 2.75) is 65.4 Å². The Morgan fingerprint density at radius 1 is 1.12 bits per heavy atom. The minimum Gasteiger partial charge on any atom is -0.484 e. The first-order valence-corrected chi connectivity index (χ1v) is 13.9. The van der Waals surface area contributed by atoms with Crippen molar-refractivity contribution < 1.29 is 27.4 Å². The van der Waals surface area contributed by atoms with Gasteiger partial charge in [-0.15, -0.1) is 13.2 Å². The van der Waals surface area contributed by atoms with Gasteiger partial charge in [0.25, 0.3) is 5.91 Å². The van der Waals surface area contributed by atoms with Crippen molar-refractivity contribution >= 4 is 28.6 Å². The van der Waals surface area contributed by atoms with Gasteiger partial charge in [-0.05, 0) is 79.6 Å². The zero-order valence-corrected chi connectivity index (χ0v) is 23.8. The van der Waals surface area contributed by atoms with Gasteiger partial charge in [0.1, 0.15) is 11.5 Å². The third-order valence-electron chi connectivity index (χ3n) is 7.49. The number of carbonyl (C=O) groups excluding carboxylic acids is 1. The lowest BCUT2D eigenvalue weighted by Crippen LogP contribution is -2.29. The molecular formula is C31H34F3N5O3. The molecule has 222 valence electrons. The van der Waals surface area contributed by atoms with Crippen molar-refractivity contribution in [2.24, 2.45) is 5.41 Å². The number of imidazole rings is 1. The molecule has 1 fully saturated rings. The van der Waals surface area contributed by atoms with Gasteiger partial charge in [-0.3, -0.25) is 9.78 Å². The Labute approximate surface area is 242 Å². The van der Waals surface area contributed by atoms with Crippen molar-refractivity contribution in [3.63, 3.8) is 0 Å². The molecule has 1 aliphatic rings. The first-order valence-electron chi connectivity index (χ1n) is 13.9. The molecule has 8 nitrogen and oxygen atoms in total. The summed E-state index contributed by atoms with van der Waals surface area (Å²) < 4.78 is 49.7. The minimum absolute atomic E-state index is 0.160. The average molecular weight is 582 g/mol. The number of hydrogen-bond donors (Lipinski definition) is 2. The van der Waals surface area contributed by atoms with Gasteiger partial charge in [0, 0.05) is 24.0 Å². The third kappa shape index (κ3) is 7.32. The zero-order valence-electron chi connectivity index (χ0n) is 23.8. The molecular weight excluding hydrogens is 547 g/mol. The number of rotatable bonds is 9. The second-order valence-electron chi connectivity index (χ2n) is 11.4. The van der Waals surface area contributed by atoms with Gasteiger partial charge in [-0.25, -0.2) is 4.98 Å². The van der Waals surface area contributed by atoms with E-state index in [0.29, 0.717) is 29.4 Å². The van der Waals surface area contributed by atoms with Crippen LogP contribution in [0.5, 0.6) is 11.5 Å². The summed E-state index contributed by atoms with van der Waals surface area (Å²) in [5, 5.41) is 6.11. The second kappa shape index (κ2) is 11.9.